The van der Waals surface area contributed by atoms with Crippen LogP contribution in [0.25, 0.3) is 10.2 Å². The molecule has 2 heterocycles. The molecule has 0 aliphatic carbocycles. The van der Waals surface area contributed by atoms with E-state index in [0.717, 1.165) is 21.7 Å². The quantitative estimate of drug-likeness (QED) is 0.665. The second kappa shape index (κ2) is 4.46. The maximum atomic E-state index is 5.77. The lowest BCUT2D eigenvalue weighted by atomic mass is 10.3. The zero-order chi connectivity index (χ0) is 12.6. The van der Waals surface area contributed by atoms with Crippen LogP contribution in [0.15, 0.2) is 11.1 Å². The fraction of sp³-hybridized carbons (Fsp3) is 0.500. The van der Waals surface area contributed by atoms with Crippen molar-refractivity contribution in [2.45, 2.75) is 43.9 Å². The topological polar surface area (TPSA) is 51.8 Å². The van der Waals surface area contributed by atoms with Crippen molar-refractivity contribution >= 4 is 39.3 Å². The average molecular weight is 267 g/mol. The highest BCUT2D eigenvalue weighted by Crippen LogP contribution is 2.37. The summed E-state index contributed by atoms with van der Waals surface area (Å²) in [6.07, 6.45) is 1.03. The Morgan fingerprint density at radius 1 is 1.35 bits per heavy atom. The highest BCUT2D eigenvalue weighted by atomic mass is 32.2. The molecular formula is C12H17N3S2. The molecule has 0 unspecified atom stereocenters. The van der Waals surface area contributed by atoms with Crippen molar-refractivity contribution in [1.29, 1.82) is 0 Å². The van der Waals surface area contributed by atoms with Crippen LogP contribution in [0.5, 0.6) is 0 Å². The van der Waals surface area contributed by atoms with Crippen LogP contribution in [0.2, 0.25) is 0 Å². The summed E-state index contributed by atoms with van der Waals surface area (Å²) >= 11 is 3.45. The van der Waals surface area contributed by atoms with Crippen LogP contribution in [0.1, 0.15) is 32.6 Å². The largest absolute Gasteiger partial charge is 0.368 e. The van der Waals surface area contributed by atoms with E-state index < -0.39 is 0 Å². The summed E-state index contributed by atoms with van der Waals surface area (Å²) in [4.78, 5) is 11.0. The van der Waals surface area contributed by atoms with Crippen molar-refractivity contribution in [2.24, 2.45) is 0 Å². The highest BCUT2D eigenvalue weighted by molar-refractivity contribution is 8.00. The molecule has 0 radical (unpaired) electrons. The molecule has 2 N–H and O–H groups in total. The first-order valence-electron chi connectivity index (χ1n) is 5.64. The minimum absolute atomic E-state index is 0.127. The minimum Gasteiger partial charge on any atom is -0.368 e. The molecule has 0 aliphatic heterocycles. The molecule has 0 spiro atoms. The zero-order valence-electron chi connectivity index (χ0n) is 10.6. The van der Waals surface area contributed by atoms with Gasteiger partial charge in [0, 0.05) is 15.0 Å². The number of nitrogen functional groups attached to an aromatic ring is 1. The van der Waals surface area contributed by atoms with E-state index in [1.165, 1.54) is 4.88 Å². The fourth-order valence-corrected chi connectivity index (χ4v) is 3.53. The SMILES string of the molecule is CCc1cc2c(SC(C)(C)C)nc(N)nc2s1. The van der Waals surface area contributed by atoms with Crippen molar-refractivity contribution in [1.82, 2.24) is 9.97 Å². The van der Waals surface area contributed by atoms with Crippen molar-refractivity contribution in [3.8, 4) is 0 Å². The monoisotopic (exact) mass is 267 g/mol. The molecule has 0 aliphatic rings. The number of anilines is 1. The first-order chi connectivity index (χ1) is 7.89. The molecule has 0 fully saturated rings. The number of rotatable bonds is 2. The Morgan fingerprint density at radius 2 is 2.06 bits per heavy atom. The van der Waals surface area contributed by atoms with Gasteiger partial charge < -0.3 is 5.73 Å². The third-order valence-electron chi connectivity index (χ3n) is 2.18. The maximum absolute atomic E-state index is 5.77. The number of aryl methyl sites for hydroxylation is 1. The fourth-order valence-electron chi connectivity index (χ4n) is 1.50. The number of aromatic nitrogens is 2. The summed E-state index contributed by atoms with van der Waals surface area (Å²) < 4.78 is 0.127. The van der Waals surface area contributed by atoms with E-state index >= 15 is 0 Å². The van der Waals surface area contributed by atoms with Crippen molar-refractivity contribution in [2.75, 3.05) is 5.73 Å². The lowest BCUT2D eigenvalue weighted by Gasteiger charge is -2.17. The predicted octanol–water partition coefficient (Wildman–Crippen LogP) is 3.73. The molecule has 0 aromatic carbocycles. The number of nitrogens with two attached hydrogens (primary N) is 1. The Kier molecular flexibility index (Phi) is 3.32. The molecule has 0 atom stereocenters. The number of hydrogen-bond donors (Lipinski definition) is 1. The first-order valence-corrected chi connectivity index (χ1v) is 7.27. The third kappa shape index (κ3) is 2.90. The number of fused-ring (bicyclic) bond motifs is 1. The van der Waals surface area contributed by atoms with Crippen molar-refractivity contribution < 1.29 is 0 Å². The summed E-state index contributed by atoms with van der Waals surface area (Å²) in [5.41, 5.74) is 5.77. The van der Waals surface area contributed by atoms with Crippen LogP contribution in [-0.2, 0) is 6.42 Å². The van der Waals surface area contributed by atoms with Gasteiger partial charge in [-0.2, -0.15) is 0 Å². The molecular weight excluding hydrogens is 250 g/mol. The number of hydrogen-bond acceptors (Lipinski definition) is 5. The van der Waals surface area contributed by atoms with Crippen LogP contribution >= 0.6 is 23.1 Å². The lowest BCUT2D eigenvalue weighted by Crippen LogP contribution is -2.08. The molecule has 17 heavy (non-hydrogen) atoms. The summed E-state index contributed by atoms with van der Waals surface area (Å²) in [7, 11) is 0. The molecule has 0 amide bonds. The van der Waals surface area contributed by atoms with Gasteiger partial charge in [-0.3, -0.25) is 0 Å². The Hall–Kier alpha value is -0.810. The Morgan fingerprint density at radius 3 is 2.65 bits per heavy atom. The molecule has 2 rings (SSSR count). The van der Waals surface area contributed by atoms with E-state index in [2.05, 4.69) is 43.7 Å². The van der Waals surface area contributed by atoms with Crippen molar-refractivity contribution in [3.63, 3.8) is 0 Å². The van der Waals surface area contributed by atoms with Gasteiger partial charge in [0.05, 0.1) is 0 Å². The molecule has 2 aromatic heterocycles. The molecule has 0 saturated heterocycles. The van der Waals surface area contributed by atoms with Crippen LogP contribution in [-0.4, -0.2) is 14.7 Å². The summed E-state index contributed by atoms with van der Waals surface area (Å²) in [5, 5.41) is 2.14. The zero-order valence-corrected chi connectivity index (χ0v) is 12.2. The molecule has 2 aromatic rings. The molecule has 0 bridgehead atoms. The van der Waals surface area contributed by atoms with Gasteiger partial charge in [0.15, 0.2) is 0 Å². The van der Waals surface area contributed by atoms with Crippen LogP contribution in [0, 0.1) is 0 Å². The van der Waals surface area contributed by atoms with Gasteiger partial charge in [-0.05, 0) is 12.5 Å². The Labute approximate surface area is 110 Å². The van der Waals surface area contributed by atoms with Crippen molar-refractivity contribution in [3.05, 3.63) is 10.9 Å². The van der Waals surface area contributed by atoms with Gasteiger partial charge in [0.25, 0.3) is 0 Å². The number of nitrogens with zero attached hydrogens (tertiary/aromatic N) is 2. The second-order valence-corrected chi connectivity index (χ2v) is 7.82. The molecule has 3 nitrogen and oxygen atoms in total. The summed E-state index contributed by atoms with van der Waals surface area (Å²) in [6.45, 7) is 8.68. The van der Waals surface area contributed by atoms with Gasteiger partial charge in [-0.1, -0.05) is 39.5 Å². The first kappa shape index (κ1) is 12.6. The normalized spacial score (nSPS) is 12.2. The predicted molar refractivity (Wildman–Crippen MR) is 76.8 cm³/mol. The summed E-state index contributed by atoms with van der Waals surface area (Å²) in [6, 6.07) is 2.19. The molecule has 5 heteroatoms. The van der Waals surface area contributed by atoms with Crippen LogP contribution in [0.3, 0.4) is 0 Å². The van der Waals surface area contributed by atoms with E-state index in [1.54, 1.807) is 23.1 Å². The Bertz CT molecular complexity index is 540. The van der Waals surface area contributed by atoms with Gasteiger partial charge in [-0.25, -0.2) is 9.97 Å². The number of thiophene rings is 1. The average Bonchev–Trinajstić information content (AvgIpc) is 2.58. The standard InChI is InChI=1S/C12H17N3S2/c1-5-7-6-8-9(16-7)14-11(13)15-10(8)17-12(2,3)4/h6H,5H2,1-4H3,(H2,13,14,15). The van der Waals surface area contributed by atoms with Crippen LogP contribution < -0.4 is 5.73 Å². The van der Waals surface area contributed by atoms with E-state index in [9.17, 15) is 0 Å². The molecule has 0 saturated carbocycles. The van der Waals surface area contributed by atoms with Gasteiger partial charge >= 0.3 is 0 Å². The van der Waals surface area contributed by atoms with E-state index in [1.807, 2.05) is 0 Å². The highest BCUT2D eigenvalue weighted by Gasteiger charge is 2.18. The second-order valence-electron chi connectivity index (χ2n) is 4.89. The van der Waals surface area contributed by atoms with Crippen LogP contribution in [0.4, 0.5) is 5.95 Å². The molecule has 92 valence electrons. The van der Waals surface area contributed by atoms with Gasteiger partial charge in [-0.15, -0.1) is 11.3 Å². The van der Waals surface area contributed by atoms with Gasteiger partial charge in [0.2, 0.25) is 5.95 Å². The summed E-state index contributed by atoms with van der Waals surface area (Å²) in [5.74, 6) is 0.369. The van der Waals surface area contributed by atoms with E-state index in [0.29, 0.717) is 5.95 Å². The minimum atomic E-state index is 0.127. The third-order valence-corrected chi connectivity index (χ3v) is 4.47. The maximum Gasteiger partial charge on any atom is 0.222 e. The number of thioether (sulfide) groups is 1. The van der Waals surface area contributed by atoms with E-state index in [-0.39, 0.29) is 4.75 Å². The van der Waals surface area contributed by atoms with E-state index in [4.69, 9.17) is 5.73 Å². The van der Waals surface area contributed by atoms with Gasteiger partial charge in [0.1, 0.15) is 9.86 Å². The smallest absolute Gasteiger partial charge is 0.222 e. The lowest BCUT2D eigenvalue weighted by molar-refractivity contribution is 0.800. The Balaban J connectivity index is 2.56.